The van der Waals surface area contributed by atoms with Gasteiger partial charge in [-0.2, -0.15) is 13.2 Å². The lowest BCUT2D eigenvalue weighted by Gasteiger charge is -2.30. The van der Waals surface area contributed by atoms with Crippen molar-refractivity contribution < 1.29 is 32.4 Å². The maximum Gasteiger partial charge on any atom is 0.423 e. The molecule has 0 bridgehead atoms. The van der Waals surface area contributed by atoms with Crippen LogP contribution in [-0.4, -0.2) is 42.0 Å². The molecule has 9 nitrogen and oxygen atoms in total. The van der Waals surface area contributed by atoms with Gasteiger partial charge in [-0.1, -0.05) is 23.7 Å². The van der Waals surface area contributed by atoms with Crippen LogP contribution in [0.15, 0.2) is 54.6 Å². The van der Waals surface area contributed by atoms with E-state index in [4.69, 9.17) is 22.1 Å². The summed E-state index contributed by atoms with van der Waals surface area (Å²) in [5, 5.41) is 16.3. The molecule has 1 aliphatic carbocycles. The van der Waals surface area contributed by atoms with Crippen LogP contribution in [0, 0.1) is 10.1 Å². The van der Waals surface area contributed by atoms with Gasteiger partial charge in [-0.15, -0.1) is 0 Å². The van der Waals surface area contributed by atoms with Crippen molar-refractivity contribution in [2.75, 3.05) is 23.4 Å². The Bertz CT molecular complexity index is 1430. The summed E-state index contributed by atoms with van der Waals surface area (Å²) in [5.74, 6) is -1.96. The average Bonchev–Trinajstić information content (AvgIpc) is 2.90. The van der Waals surface area contributed by atoms with Gasteiger partial charge in [0.25, 0.3) is 5.69 Å². The zero-order valence-corrected chi connectivity index (χ0v) is 21.9. The van der Waals surface area contributed by atoms with Gasteiger partial charge in [0.1, 0.15) is 5.56 Å². The van der Waals surface area contributed by atoms with E-state index in [9.17, 15) is 32.9 Å². The number of ether oxygens (including phenoxy) is 1. The number of fused-ring (bicyclic) bond motifs is 1. The fourth-order valence-corrected chi connectivity index (χ4v) is 4.97. The van der Waals surface area contributed by atoms with Crippen molar-refractivity contribution in [3.63, 3.8) is 0 Å². The van der Waals surface area contributed by atoms with Gasteiger partial charge in [0.15, 0.2) is 0 Å². The summed E-state index contributed by atoms with van der Waals surface area (Å²) in [6, 6.07) is 13.3. The van der Waals surface area contributed by atoms with Crippen LogP contribution in [0.3, 0.4) is 0 Å². The molecule has 212 valence electrons. The number of carbonyl (C=O) groups excluding carboxylic acids is 2. The molecule has 2 amide bonds. The molecular formula is C27H26ClF3N4O5. The minimum absolute atomic E-state index is 0.0854. The van der Waals surface area contributed by atoms with Gasteiger partial charge in [0.05, 0.1) is 17.6 Å². The molecule has 0 heterocycles. The molecule has 40 heavy (non-hydrogen) atoms. The standard InChI is InChI=1S/C27H26ClF3N4O5/c28-18-3-1-17-14-21(7-2-16(17)13-18)34(26(37)25(32)36)11-12-40-22-8-4-19(5-9-22)33-20-6-10-24(35(38)39)23(15-20)27(29,30)31/h1-3,6-7,10,13-15,19,22,33H,4-5,8-9,11-12H2,(H2,32,36). The topological polar surface area (TPSA) is 128 Å². The van der Waals surface area contributed by atoms with Crippen LogP contribution < -0.4 is 16.0 Å². The van der Waals surface area contributed by atoms with Crippen molar-refractivity contribution in [1.29, 1.82) is 0 Å². The van der Waals surface area contributed by atoms with Crippen LogP contribution in [0.25, 0.3) is 10.8 Å². The molecule has 13 heteroatoms. The number of nitro benzene ring substituents is 1. The number of halogens is 4. The second-order valence-electron chi connectivity index (χ2n) is 9.47. The summed E-state index contributed by atoms with van der Waals surface area (Å²) >= 11 is 6.03. The first-order chi connectivity index (χ1) is 18.9. The molecule has 4 rings (SSSR count). The summed E-state index contributed by atoms with van der Waals surface area (Å²) in [4.78, 5) is 35.4. The van der Waals surface area contributed by atoms with E-state index < -0.39 is 34.2 Å². The molecular weight excluding hydrogens is 553 g/mol. The molecule has 3 aromatic carbocycles. The largest absolute Gasteiger partial charge is 0.423 e. The third kappa shape index (κ3) is 6.99. The summed E-state index contributed by atoms with van der Waals surface area (Å²) in [5.41, 5.74) is 3.61. The number of rotatable bonds is 8. The Morgan fingerprint density at radius 2 is 1.73 bits per heavy atom. The zero-order chi connectivity index (χ0) is 29.0. The third-order valence-electron chi connectivity index (χ3n) is 6.77. The second-order valence-corrected chi connectivity index (χ2v) is 9.91. The van der Waals surface area contributed by atoms with Crippen molar-refractivity contribution in [2.45, 2.75) is 44.0 Å². The molecule has 0 spiro atoms. The summed E-state index contributed by atoms with van der Waals surface area (Å²) in [6.07, 6.45) is -2.59. The monoisotopic (exact) mass is 578 g/mol. The fraction of sp³-hybridized carbons (Fsp3) is 0.333. The van der Waals surface area contributed by atoms with Crippen molar-refractivity contribution in [3.8, 4) is 0 Å². The lowest BCUT2D eigenvalue weighted by molar-refractivity contribution is -0.388. The Morgan fingerprint density at radius 1 is 1.05 bits per heavy atom. The van der Waals surface area contributed by atoms with E-state index in [0.717, 1.165) is 22.9 Å². The number of nitro groups is 1. The highest BCUT2D eigenvalue weighted by Crippen LogP contribution is 2.38. The van der Waals surface area contributed by atoms with Gasteiger partial charge < -0.3 is 20.7 Å². The van der Waals surface area contributed by atoms with E-state index in [1.165, 1.54) is 11.0 Å². The lowest BCUT2D eigenvalue weighted by Crippen LogP contribution is -2.42. The Labute approximate surface area is 232 Å². The lowest BCUT2D eigenvalue weighted by atomic mass is 9.92. The van der Waals surface area contributed by atoms with E-state index in [2.05, 4.69) is 5.32 Å². The molecule has 0 aromatic heterocycles. The number of hydrogen-bond acceptors (Lipinski definition) is 6. The number of alkyl halides is 3. The molecule has 3 aromatic rings. The van der Waals surface area contributed by atoms with Crippen LogP contribution in [0.2, 0.25) is 5.02 Å². The quantitative estimate of drug-likeness (QED) is 0.201. The van der Waals surface area contributed by atoms with Crippen molar-refractivity contribution in [3.05, 3.63) is 75.3 Å². The smallest absolute Gasteiger partial charge is 0.382 e. The van der Waals surface area contributed by atoms with E-state index in [0.29, 0.717) is 36.4 Å². The van der Waals surface area contributed by atoms with Crippen LogP contribution in [0.4, 0.5) is 30.2 Å². The van der Waals surface area contributed by atoms with Crippen molar-refractivity contribution >= 4 is 51.2 Å². The molecule has 1 fully saturated rings. The third-order valence-corrected chi connectivity index (χ3v) is 7.00. The van der Waals surface area contributed by atoms with E-state index in [1.807, 2.05) is 0 Å². The molecule has 0 atom stereocenters. The number of amides is 2. The Kier molecular flexibility index (Phi) is 8.79. The van der Waals surface area contributed by atoms with Crippen molar-refractivity contribution in [2.24, 2.45) is 5.73 Å². The first-order valence-electron chi connectivity index (χ1n) is 12.5. The van der Waals surface area contributed by atoms with E-state index in [-0.39, 0.29) is 31.0 Å². The van der Waals surface area contributed by atoms with E-state index in [1.54, 1.807) is 36.4 Å². The predicted molar refractivity (Wildman–Crippen MR) is 144 cm³/mol. The van der Waals surface area contributed by atoms with Gasteiger partial charge in [-0.3, -0.25) is 19.7 Å². The molecule has 0 radical (unpaired) electrons. The Balaban J connectivity index is 1.33. The second kappa shape index (κ2) is 12.1. The number of carbonyl (C=O) groups is 2. The van der Waals surface area contributed by atoms with Crippen LogP contribution >= 0.6 is 11.6 Å². The van der Waals surface area contributed by atoms with Crippen LogP contribution in [-0.2, 0) is 20.5 Å². The molecule has 0 aliphatic heterocycles. The molecule has 1 aliphatic rings. The SMILES string of the molecule is NC(=O)C(=O)N(CCOC1CCC(Nc2ccc([N+](=O)[O-])c(C(F)(F)F)c2)CC1)c1ccc2cc(Cl)ccc2c1. The average molecular weight is 579 g/mol. The Hall–Kier alpha value is -3.90. The molecule has 1 saturated carbocycles. The Morgan fingerprint density at radius 3 is 2.38 bits per heavy atom. The summed E-state index contributed by atoms with van der Waals surface area (Å²) in [7, 11) is 0. The van der Waals surface area contributed by atoms with Gasteiger partial charge in [-0.25, -0.2) is 0 Å². The first kappa shape index (κ1) is 29.1. The molecule has 0 saturated heterocycles. The van der Waals surface area contributed by atoms with Gasteiger partial charge in [0.2, 0.25) is 0 Å². The maximum atomic E-state index is 13.3. The normalized spacial score (nSPS) is 17.4. The number of nitrogens with zero attached hydrogens (tertiary/aromatic N) is 2. The maximum absolute atomic E-state index is 13.3. The highest BCUT2D eigenvalue weighted by atomic mass is 35.5. The number of nitrogens with two attached hydrogens (primary N) is 1. The summed E-state index contributed by atoms with van der Waals surface area (Å²) in [6.45, 7) is 0.222. The summed E-state index contributed by atoms with van der Waals surface area (Å²) < 4.78 is 45.8. The number of hydrogen-bond donors (Lipinski definition) is 2. The number of benzene rings is 3. The molecule has 0 unspecified atom stereocenters. The van der Waals surface area contributed by atoms with Crippen LogP contribution in [0.1, 0.15) is 31.2 Å². The molecule has 3 N–H and O–H groups in total. The van der Waals surface area contributed by atoms with E-state index >= 15 is 0 Å². The van der Waals surface area contributed by atoms with Gasteiger partial charge >= 0.3 is 18.0 Å². The highest BCUT2D eigenvalue weighted by molar-refractivity contribution is 6.40. The number of primary amides is 1. The number of anilines is 2. The van der Waals surface area contributed by atoms with Crippen molar-refractivity contribution in [1.82, 2.24) is 0 Å². The fourth-order valence-electron chi connectivity index (χ4n) is 4.79. The first-order valence-corrected chi connectivity index (χ1v) is 12.8. The predicted octanol–water partition coefficient (Wildman–Crippen LogP) is 5.68. The minimum atomic E-state index is -4.85. The van der Waals surface area contributed by atoms with Gasteiger partial charge in [0, 0.05) is 35.1 Å². The minimum Gasteiger partial charge on any atom is -0.382 e. The van der Waals surface area contributed by atoms with Gasteiger partial charge in [-0.05, 0) is 72.9 Å². The zero-order valence-electron chi connectivity index (χ0n) is 21.1. The van der Waals surface area contributed by atoms with Crippen LogP contribution in [0.5, 0.6) is 0 Å². The highest BCUT2D eigenvalue weighted by Gasteiger charge is 2.38. The number of nitrogens with one attached hydrogen (secondary N) is 1.